The van der Waals surface area contributed by atoms with Gasteiger partial charge in [0, 0.05) is 49.9 Å². The van der Waals surface area contributed by atoms with Gasteiger partial charge in [0.2, 0.25) is 5.75 Å². The van der Waals surface area contributed by atoms with Crippen LogP contribution in [0.5, 0.6) is 23.0 Å². The lowest BCUT2D eigenvalue weighted by Gasteiger charge is -2.52. The molecule has 2 fully saturated rings. The van der Waals surface area contributed by atoms with Gasteiger partial charge in [0.1, 0.15) is 18.0 Å². The SMILES string of the molecule is CNO.COC(=O)[C@H]1[C@H]2C[C@@H]3c4[nH]c5cc(OC)ccc5c4CCN3C[C@H]2C[C@@H](OC(=O)c2cc(OC)c(OC)c(OC)c2)[C@@H]1OC. The molecule has 256 valence electrons. The van der Waals surface area contributed by atoms with Gasteiger partial charge >= 0.3 is 11.9 Å². The average Bonchev–Trinajstić information content (AvgIpc) is 3.47. The zero-order valence-electron chi connectivity index (χ0n) is 28.0. The van der Waals surface area contributed by atoms with Gasteiger partial charge in [-0.05, 0) is 60.9 Å². The number of H-pyrrole nitrogens is 1. The zero-order chi connectivity index (χ0) is 33.8. The summed E-state index contributed by atoms with van der Waals surface area (Å²) in [6.45, 7) is 1.68. The van der Waals surface area contributed by atoms with Crippen LogP contribution in [-0.4, -0.2) is 102 Å². The second-order valence-electron chi connectivity index (χ2n) is 11.9. The topological polar surface area (TPSA) is 150 Å². The number of hydroxylamine groups is 1. The number of esters is 2. The highest BCUT2D eigenvalue weighted by atomic mass is 16.6. The number of fused-ring (bicyclic) bond motifs is 6. The van der Waals surface area contributed by atoms with Crippen LogP contribution in [0.1, 0.15) is 40.5 Å². The highest BCUT2D eigenvalue weighted by Gasteiger charge is 2.54. The van der Waals surface area contributed by atoms with Crippen LogP contribution in [-0.2, 0) is 25.4 Å². The molecule has 3 aliphatic rings. The number of rotatable bonds is 8. The van der Waals surface area contributed by atoms with Crippen LogP contribution in [0.3, 0.4) is 0 Å². The molecule has 1 aliphatic carbocycles. The summed E-state index contributed by atoms with van der Waals surface area (Å²) >= 11 is 0. The smallest absolute Gasteiger partial charge is 0.338 e. The molecule has 0 amide bonds. The number of benzene rings is 2. The van der Waals surface area contributed by atoms with Gasteiger partial charge < -0.3 is 43.3 Å². The van der Waals surface area contributed by atoms with Crippen molar-refractivity contribution in [3.8, 4) is 23.0 Å². The second-order valence-corrected chi connectivity index (χ2v) is 11.9. The molecule has 47 heavy (non-hydrogen) atoms. The van der Waals surface area contributed by atoms with E-state index < -0.39 is 24.1 Å². The highest BCUT2D eigenvalue weighted by molar-refractivity contribution is 5.91. The minimum Gasteiger partial charge on any atom is -0.497 e. The number of ether oxygens (including phenoxy) is 7. The van der Waals surface area contributed by atoms with Crippen LogP contribution >= 0.6 is 0 Å². The van der Waals surface area contributed by atoms with Gasteiger partial charge in [-0.2, -0.15) is 0 Å². The Morgan fingerprint density at radius 3 is 2.26 bits per heavy atom. The number of carbonyl (C=O) groups is 2. The molecule has 0 unspecified atom stereocenters. The first kappa shape index (κ1) is 34.3. The third-order valence-corrected chi connectivity index (χ3v) is 9.76. The maximum atomic E-state index is 13.5. The highest BCUT2D eigenvalue weighted by Crippen LogP contribution is 2.51. The van der Waals surface area contributed by atoms with Crippen molar-refractivity contribution in [2.45, 2.75) is 37.5 Å². The van der Waals surface area contributed by atoms with Crippen molar-refractivity contribution in [2.75, 3.05) is 62.8 Å². The standard InChI is InChI=1S/C33H40N2O9.CH5NO/c1-38-19-7-8-20-21-9-10-35-16-18-13-27(44-32(36)17-11-25(39-2)30(41-4)26(12-17)40-3)31(42-5)28(33(37)43-6)22(18)15-24(35)29(21)34-23(20)14-19;1-2-3/h7-8,11-12,14,18,22,24,27-28,31,34H,9-10,13,15-16H2,1-6H3;2-3H,1H3/t18-,22+,24-,27-,28+,31+;/m1./s1. The normalized spacial score (nSPS) is 24.9. The summed E-state index contributed by atoms with van der Waals surface area (Å²) in [6, 6.07) is 9.40. The fourth-order valence-corrected chi connectivity index (χ4v) is 7.76. The van der Waals surface area contributed by atoms with E-state index in [9.17, 15) is 9.59 Å². The van der Waals surface area contributed by atoms with Gasteiger partial charge in [-0.3, -0.25) is 9.69 Å². The Balaban J connectivity index is 0.00000139. The first-order chi connectivity index (χ1) is 22.8. The molecule has 1 saturated heterocycles. The van der Waals surface area contributed by atoms with E-state index >= 15 is 0 Å². The van der Waals surface area contributed by atoms with E-state index in [4.69, 9.17) is 38.4 Å². The van der Waals surface area contributed by atoms with Crippen molar-refractivity contribution in [1.29, 1.82) is 0 Å². The molecule has 2 aliphatic heterocycles. The third-order valence-electron chi connectivity index (χ3n) is 9.76. The molecule has 2 aromatic carbocycles. The Morgan fingerprint density at radius 1 is 0.957 bits per heavy atom. The van der Waals surface area contributed by atoms with E-state index in [0.29, 0.717) is 23.7 Å². The number of carbonyl (C=O) groups excluding carboxylic acids is 2. The predicted molar refractivity (Wildman–Crippen MR) is 172 cm³/mol. The summed E-state index contributed by atoms with van der Waals surface area (Å²) in [6.07, 6.45) is 0.920. The van der Waals surface area contributed by atoms with Gasteiger partial charge in [-0.15, -0.1) is 0 Å². The van der Waals surface area contributed by atoms with Crippen molar-refractivity contribution in [3.63, 3.8) is 0 Å². The number of aromatic amines is 1. The van der Waals surface area contributed by atoms with Crippen molar-refractivity contribution in [2.24, 2.45) is 17.8 Å². The number of hydrogen-bond donors (Lipinski definition) is 3. The van der Waals surface area contributed by atoms with Crippen LogP contribution in [0.15, 0.2) is 30.3 Å². The molecule has 1 saturated carbocycles. The van der Waals surface area contributed by atoms with E-state index in [1.807, 2.05) is 12.1 Å². The fraction of sp³-hybridized carbons (Fsp3) is 0.529. The quantitative estimate of drug-likeness (QED) is 0.240. The van der Waals surface area contributed by atoms with Crippen LogP contribution < -0.4 is 24.4 Å². The van der Waals surface area contributed by atoms with Gasteiger partial charge in [0.05, 0.1) is 53.1 Å². The summed E-state index contributed by atoms with van der Waals surface area (Å²) in [5, 5.41) is 8.53. The summed E-state index contributed by atoms with van der Waals surface area (Å²) in [5.74, 6) is 0.441. The largest absolute Gasteiger partial charge is 0.497 e. The number of hydrogen-bond acceptors (Lipinski definition) is 12. The van der Waals surface area contributed by atoms with Crippen molar-refractivity contribution < 1.29 is 48.0 Å². The average molecular weight is 656 g/mol. The molecule has 6 rings (SSSR count). The molecule has 3 N–H and O–H groups in total. The second kappa shape index (κ2) is 14.8. The van der Waals surface area contributed by atoms with Gasteiger partial charge in [0.15, 0.2) is 11.5 Å². The minimum atomic E-state index is -0.670. The van der Waals surface area contributed by atoms with Gasteiger partial charge in [0.25, 0.3) is 0 Å². The van der Waals surface area contributed by atoms with Crippen LogP contribution in [0, 0.1) is 17.8 Å². The van der Waals surface area contributed by atoms with Crippen LogP contribution in [0.2, 0.25) is 0 Å². The van der Waals surface area contributed by atoms with E-state index in [-0.39, 0.29) is 29.4 Å². The Bertz CT molecular complexity index is 1550. The molecule has 0 spiro atoms. The summed E-state index contributed by atoms with van der Waals surface area (Å²) < 4.78 is 39.1. The maximum Gasteiger partial charge on any atom is 0.338 e. The van der Waals surface area contributed by atoms with Crippen LogP contribution in [0.25, 0.3) is 10.9 Å². The zero-order valence-corrected chi connectivity index (χ0v) is 28.0. The van der Waals surface area contributed by atoms with E-state index in [1.54, 1.807) is 31.8 Å². The predicted octanol–water partition coefficient (Wildman–Crippen LogP) is 3.77. The molecule has 13 nitrogen and oxygen atoms in total. The van der Waals surface area contributed by atoms with Crippen molar-refractivity contribution >= 4 is 22.8 Å². The first-order valence-corrected chi connectivity index (χ1v) is 15.6. The summed E-state index contributed by atoms with van der Waals surface area (Å²) in [7, 11) is 10.5. The van der Waals surface area contributed by atoms with Crippen molar-refractivity contribution in [3.05, 3.63) is 47.2 Å². The Morgan fingerprint density at radius 2 is 1.66 bits per heavy atom. The van der Waals surface area contributed by atoms with E-state index in [2.05, 4.69) is 16.0 Å². The first-order valence-electron chi connectivity index (χ1n) is 15.6. The van der Waals surface area contributed by atoms with Gasteiger partial charge in [-0.25, -0.2) is 10.3 Å². The number of nitrogens with zero attached hydrogens (tertiary/aromatic N) is 1. The molecule has 0 bridgehead atoms. The monoisotopic (exact) mass is 655 g/mol. The van der Waals surface area contributed by atoms with E-state index in [0.717, 1.165) is 37.2 Å². The molecule has 3 heterocycles. The molecule has 3 aromatic rings. The molecular formula is C34H45N3O10. The molecule has 6 atom stereocenters. The lowest BCUT2D eigenvalue weighted by Crippen LogP contribution is -2.58. The number of nitrogens with one attached hydrogen (secondary N) is 2. The Kier molecular flexibility index (Phi) is 10.8. The lowest BCUT2D eigenvalue weighted by atomic mass is 9.63. The maximum absolute atomic E-state index is 13.5. The van der Waals surface area contributed by atoms with Crippen molar-refractivity contribution in [1.82, 2.24) is 15.4 Å². The van der Waals surface area contributed by atoms with E-state index in [1.165, 1.54) is 52.1 Å². The summed E-state index contributed by atoms with van der Waals surface area (Å²) in [5.41, 5.74) is 5.58. The molecular weight excluding hydrogens is 610 g/mol. The lowest BCUT2D eigenvalue weighted by molar-refractivity contribution is -0.176. The summed E-state index contributed by atoms with van der Waals surface area (Å²) in [4.78, 5) is 33.1. The molecule has 0 radical (unpaired) electrons. The van der Waals surface area contributed by atoms with Gasteiger partial charge in [-0.1, -0.05) is 0 Å². The fourth-order valence-electron chi connectivity index (χ4n) is 7.76. The molecule has 1 aromatic heterocycles. The number of aromatic nitrogens is 1. The van der Waals surface area contributed by atoms with Crippen LogP contribution in [0.4, 0.5) is 0 Å². The Labute approximate surface area is 274 Å². The number of piperidine rings is 1. The minimum absolute atomic E-state index is 0.0170. The molecule has 13 heteroatoms. The third kappa shape index (κ3) is 6.45. The Hall–Kier alpha value is -4.04. The number of methoxy groups -OCH3 is 6.